The molecule has 0 radical (unpaired) electrons. The number of benzene rings is 1. The van der Waals surface area contributed by atoms with E-state index in [4.69, 9.17) is 22.1 Å². The summed E-state index contributed by atoms with van der Waals surface area (Å²) in [7, 11) is 0. The Morgan fingerprint density at radius 1 is 1.47 bits per heavy atom. The zero-order valence-electron chi connectivity index (χ0n) is 10.3. The van der Waals surface area contributed by atoms with Crippen molar-refractivity contribution in [2.45, 2.75) is 32.7 Å². The Morgan fingerprint density at radius 2 is 2.24 bits per heavy atom. The van der Waals surface area contributed by atoms with Gasteiger partial charge in [0, 0.05) is 12.5 Å². The molecule has 1 aromatic carbocycles. The second-order valence-electron chi connectivity index (χ2n) is 3.93. The van der Waals surface area contributed by atoms with Gasteiger partial charge in [-0.15, -0.1) is 11.8 Å². The van der Waals surface area contributed by atoms with E-state index in [1.807, 2.05) is 32.0 Å². The van der Waals surface area contributed by atoms with Gasteiger partial charge in [-0.05, 0) is 31.9 Å². The van der Waals surface area contributed by atoms with Gasteiger partial charge >= 0.3 is 0 Å². The molecule has 1 aromatic rings. The Hall–Kier alpha value is -1.17. The predicted octanol–water partition coefficient (Wildman–Crippen LogP) is 3.02. The van der Waals surface area contributed by atoms with Crippen LogP contribution in [0.25, 0.3) is 0 Å². The average Bonchev–Trinajstić information content (AvgIpc) is 2.26. The highest BCUT2D eigenvalue weighted by atomic mass is 35.5. The molecule has 0 saturated heterocycles. The highest BCUT2D eigenvalue weighted by Gasteiger charge is 2.09. The molecular formula is C14H18ClNO. The van der Waals surface area contributed by atoms with Gasteiger partial charge in [0.05, 0.1) is 11.6 Å². The summed E-state index contributed by atoms with van der Waals surface area (Å²) in [4.78, 5) is 0. The molecule has 1 atom stereocenters. The Bertz CT molecular complexity index is 418. The standard InChI is InChI=1S/C14H18ClNO/c1-3-4-5-9-17-14-12(10-11(2)16)7-6-8-13(14)15/h6-8,11H,5,9-10,16H2,1-2H3. The third-order valence-corrected chi connectivity index (χ3v) is 2.54. The number of para-hydroxylation sites is 1. The molecule has 0 spiro atoms. The van der Waals surface area contributed by atoms with Gasteiger partial charge in [-0.3, -0.25) is 0 Å². The van der Waals surface area contributed by atoms with Crippen molar-refractivity contribution < 1.29 is 4.74 Å². The summed E-state index contributed by atoms with van der Waals surface area (Å²) in [5.74, 6) is 6.53. The number of nitrogens with two attached hydrogens (primary N) is 1. The van der Waals surface area contributed by atoms with Gasteiger partial charge in [0.15, 0.2) is 0 Å². The largest absolute Gasteiger partial charge is 0.491 e. The topological polar surface area (TPSA) is 35.2 Å². The van der Waals surface area contributed by atoms with Crippen molar-refractivity contribution in [2.24, 2.45) is 5.73 Å². The van der Waals surface area contributed by atoms with Gasteiger partial charge in [-0.1, -0.05) is 23.7 Å². The highest BCUT2D eigenvalue weighted by molar-refractivity contribution is 6.32. The lowest BCUT2D eigenvalue weighted by molar-refractivity contribution is 0.323. The SMILES string of the molecule is CC#CCCOc1c(Cl)cccc1CC(C)N. The average molecular weight is 252 g/mol. The van der Waals surface area contributed by atoms with Crippen molar-refractivity contribution in [3.63, 3.8) is 0 Å². The van der Waals surface area contributed by atoms with Crippen LogP contribution < -0.4 is 10.5 Å². The first-order valence-corrected chi connectivity index (χ1v) is 6.08. The fourth-order valence-electron chi connectivity index (χ4n) is 1.55. The molecule has 0 bridgehead atoms. The molecule has 17 heavy (non-hydrogen) atoms. The number of hydrogen-bond donors (Lipinski definition) is 1. The number of hydrogen-bond acceptors (Lipinski definition) is 2. The minimum absolute atomic E-state index is 0.0891. The van der Waals surface area contributed by atoms with Gasteiger partial charge in [-0.2, -0.15) is 0 Å². The fourth-order valence-corrected chi connectivity index (χ4v) is 1.80. The van der Waals surface area contributed by atoms with Crippen LogP contribution in [-0.2, 0) is 6.42 Å². The molecule has 0 heterocycles. The molecule has 0 aromatic heterocycles. The van der Waals surface area contributed by atoms with Crippen LogP contribution in [0.1, 0.15) is 25.8 Å². The van der Waals surface area contributed by atoms with Gasteiger partial charge in [0.25, 0.3) is 0 Å². The summed E-state index contributed by atoms with van der Waals surface area (Å²) in [5, 5.41) is 0.632. The quantitative estimate of drug-likeness (QED) is 0.645. The van der Waals surface area contributed by atoms with Crippen LogP contribution in [-0.4, -0.2) is 12.6 Å². The van der Waals surface area contributed by atoms with Crippen LogP contribution in [0, 0.1) is 11.8 Å². The number of rotatable bonds is 5. The highest BCUT2D eigenvalue weighted by Crippen LogP contribution is 2.29. The van der Waals surface area contributed by atoms with Crippen LogP contribution in [0.5, 0.6) is 5.75 Å². The summed E-state index contributed by atoms with van der Waals surface area (Å²) >= 11 is 6.12. The summed E-state index contributed by atoms with van der Waals surface area (Å²) in [6, 6.07) is 5.83. The summed E-state index contributed by atoms with van der Waals surface area (Å²) in [5.41, 5.74) is 6.85. The Balaban J connectivity index is 2.75. The lowest BCUT2D eigenvalue weighted by Crippen LogP contribution is -2.18. The van der Waals surface area contributed by atoms with Gasteiger partial charge in [0.1, 0.15) is 5.75 Å². The molecule has 1 unspecified atom stereocenters. The van der Waals surface area contributed by atoms with Crippen LogP contribution in [0.15, 0.2) is 18.2 Å². The van der Waals surface area contributed by atoms with Crippen molar-refractivity contribution in [3.05, 3.63) is 28.8 Å². The van der Waals surface area contributed by atoms with Crippen LogP contribution in [0.4, 0.5) is 0 Å². The first-order chi connectivity index (χ1) is 8.15. The Kier molecular flexibility index (Phi) is 5.90. The summed E-state index contributed by atoms with van der Waals surface area (Å²) in [6.07, 6.45) is 1.47. The Morgan fingerprint density at radius 3 is 2.88 bits per heavy atom. The molecule has 0 amide bonds. The molecule has 0 aliphatic rings. The van der Waals surface area contributed by atoms with Crippen molar-refractivity contribution in [1.29, 1.82) is 0 Å². The van der Waals surface area contributed by atoms with E-state index in [1.54, 1.807) is 0 Å². The minimum atomic E-state index is 0.0891. The Labute approximate surface area is 108 Å². The maximum atomic E-state index is 6.12. The lowest BCUT2D eigenvalue weighted by Gasteiger charge is -2.13. The minimum Gasteiger partial charge on any atom is -0.491 e. The molecule has 2 nitrogen and oxygen atoms in total. The summed E-state index contributed by atoms with van der Waals surface area (Å²) < 4.78 is 5.68. The molecule has 3 heteroatoms. The normalized spacial score (nSPS) is 11.5. The third kappa shape index (κ3) is 4.68. The molecule has 0 saturated carbocycles. The van der Waals surface area contributed by atoms with E-state index in [-0.39, 0.29) is 6.04 Å². The maximum Gasteiger partial charge on any atom is 0.141 e. The second kappa shape index (κ2) is 7.21. The molecule has 0 aliphatic carbocycles. The van der Waals surface area contributed by atoms with Gasteiger partial charge in [0.2, 0.25) is 0 Å². The number of halogens is 1. The zero-order valence-corrected chi connectivity index (χ0v) is 11.1. The van der Waals surface area contributed by atoms with Crippen molar-refractivity contribution in [1.82, 2.24) is 0 Å². The third-order valence-electron chi connectivity index (χ3n) is 2.24. The smallest absolute Gasteiger partial charge is 0.141 e. The van der Waals surface area contributed by atoms with E-state index < -0.39 is 0 Å². The first kappa shape index (κ1) is 13.9. The lowest BCUT2D eigenvalue weighted by atomic mass is 10.1. The van der Waals surface area contributed by atoms with Gasteiger partial charge < -0.3 is 10.5 Å². The molecular weight excluding hydrogens is 234 g/mol. The number of ether oxygens (including phenoxy) is 1. The second-order valence-corrected chi connectivity index (χ2v) is 4.34. The fraction of sp³-hybridized carbons (Fsp3) is 0.429. The van der Waals surface area contributed by atoms with Crippen LogP contribution >= 0.6 is 11.6 Å². The molecule has 2 N–H and O–H groups in total. The predicted molar refractivity (Wildman–Crippen MR) is 72.4 cm³/mol. The summed E-state index contributed by atoms with van der Waals surface area (Å²) in [6.45, 7) is 4.33. The maximum absolute atomic E-state index is 6.12. The first-order valence-electron chi connectivity index (χ1n) is 5.70. The van der Waals surface area contributed by atoms with E-state index in [1.165, 1.54) is 0 Å². The van der Waals surface area contributed by atoms with Crippen LogP contribution in [0.3, 0.4) is 0 Å². The van der Waals surface area contributed by atoms with E-state index in [9.17, 15) is 0 Å². The van der Waals surface area contributed by atoms with Gasteiger partial charge in [-0.25, -0.2) is 0 Å². The van der Waals surface area contributed by atoms with Crippen molar-refractivity contribution in [3.8, 4) is 17.6 Å². The van der Waals surface area contributed by atoms with E-state index in [0.29, 0.717) is 18.1 Å². The molecule has 0 aliphatic heterocycles. The van der Waals surface area contributed by atoms with Crippen molar-refractivity contribution >= 4 is 11.6 Å². The van der Waals surface area contributed by atoms with Crippen LogP contribution in [0.2, 0.25) is 5.02 Å². The van der Waals surface area contributed by atoms with Crippen molar-refractivity contribution in [2.75, 3.05) is 6.61 Å². The monoisotopic (exact) mass is 251 g/mol. The van der Waals surface area contributed by atoms with E-state index >= 15 is 0 Å². The molecule has 1 rings (SSSR count). The molecule has 92 valence electrons. The zero-order chi connectivity index (χ0) is 12.7. The molecule has 0 fully saturated rings. The van der Waals surface area contributed by atoms with E-state index in [2.05, 4.69) is 11.8 Å². The van der Waals surface area contributed by atoms with E-state index in [0.717, 1.165) is 17.7 Å².